The summed E-state index contributed by atoms with van der Waals surface area (Å²) in [6.07, 6.45) is 2.71. The topological polar surface area (TPSA) is 17.1 Å². The highest BCUT2D eigenvalue weighted by molar-refractivity contribution is 7.62. The van der Waals surface area contributed by atoms with Gasteiger partial charge in [-0.2, -0.15) is 0 Å². The molecule has 2 rings (SSSR count). The summed E-state index contributed by atoms with van der Waals surface area (Å²) in [4.78, 5) is 0. The van der Waals surface area contributed by atoms with Crippen molar-refractivity contribution < 1.29 is 9.05 Å². The Labute approximate surface area is 111 Å². The number of nitrogens with zero attached hydrogens (tertiary/aromatic N) is 1. The van der Waals surface area contributed by atoms with Gasteiger partial charge in [0.2, 0.25) is 0 Å². The van der Waals surface area contributed by atoms with Crippen LogP contribution in [0.1, 0.15) is 23.6 Å². The number of quaternary nitrogens is 1. The molecule has 0 radical (unpaired) electrons. The number of likely N-dealkylation sites (N-methyl/N-ethyl adjacent to an activating group) is 1. The molecule has 1 aromatic carbocycles. The van der Waals surface area contributed by atoms with Crippen LogP contribution in [0, 0.1) is 0 Å². The zero-order valence-electron chi connectivity index (χ0n) is 12.1. The van der Waals surface area contributed by atoms with E-state index in [9.17, 15) is 4.57 Å². The van der Waals surface area contributed by atoms with E-state index in [1.165, 1.54) is 23.2 Å². The molecule has 1 aliphatic heterocycles. The van der Waals surface area contributed by atoms with Gasteiger partial charge in [-0.25, -0.2) is 0 Å². The van der Waals surface area contributed by atoms with Crippen LogP contribution in [0.3, 0.4) is 0 Å². The first-order chi connectivity index (χ1) is 8.31. The van der Waals surface area contributed by atoms with E-state index in [1.807, 2.05) is 13.6 Å². The Hall–Kier alpha value is -0.590. The van der Waals surface area contributed by atoms with Gasteiger partial charge in [0.05, 0.1) is 27.8 Å². The van der Waals surface area contributed by atoms with E-state index in [4.69, 9.17) is 0 Å². The van der Waals surface area contributed by atoms with Gasteiger partial charge in [-0.15, -0.1) is 0 Å². The lowest BCUT2D eigenvalue weighted by molar-refractivity contribution is -0.905. The second-order valence-corrected chi connectivity index (χ2v) is 9.98. The Balaban J connectivity index is 2.22. The first-order valence-corrected chi connectivity index (χ1v) is 9.32. The summed E-state index contributed by atoms with van der Waals surface area (Å²) in [5.41, 5.74) is 4.20. The van der Waals surface area contributed by atoms with Crippen molar-refractivity contribution in [1.29, 1.82) is 0 Å². The summed E-state index contributed by atoms with van der Waals surface area (Å²) in [6.45, 7) is 6.27. The molecule has 0 fully saturated rings. The van der Waals surface area contributed by atoms with Gasteiger partial charge in [0, 0.05) is 18.1 Å². The molecule has 1 heterocycles. The Morgan fingerprint density at radius 1 is 1.28 bits per heavy atom. The van der Waals surface area contributed by atoms with Crippen molar-refractivity contribution in [2.24, 2.45) is 0 Å². The first-order valence-electron chi connectivity index (χ1n) is 6.79. The molecule has 18 heavy (non-hydrogen) atoms. The van der Waals surface area contributed by atoms with E-state index in [1.54, 1.807) is 0 Å². The van der Waals surface area contributed by atoms with Crippen LogP contribution < -0.4 is 0 Å². The maximum Gasteiger partial charge on any atom is 0.104 e. The lowest BCUT2D eigenvalue weighted by Gasteiger charge is -2.35. The highest BCUT2D eigenvalue weighted by atomic mass is 31.2. The van der Waals surface area contributed by atoms with Crippen LogP contribution in [0.5, 0.6) is 0 Å². The van der Waals surface area contributed by atoms with Crippen LogP contribution >= 0.6 is 7.14 Å². The monoisotopic (exact) mass is 266 g/mol. The molecule has 0 aromatic heterocycles. The second kappa shape index (κ2) is 4.83. The molecule has 0 amide bonds. The quantitative estimate of drug-likeness (QED) is 0.606. The molecule has 0 saturated carbocycles. The molecule has 1 aromatic rings. The number of fused-ring (bicyclic) bond motifs is 1. The summed E-state index contributed by atoms with van der Waals surface area (Å²) >= 11 is 0. The largest absolute Gasteiger partial charge is 0.324 e. The summed E-state index contributed by atoms with van der Waals surface area (Å²) in [5.74, 6) is 0. The molecule has 0 spiro atoms. The van der Waals surface area contributed by atoms with Gasteiger partial charge in [0.25, 0.3) is 0 Å². The summed E-state index contributed by atoms with van der Waals surface area (Å²) in [6, 6.07) is 6.72. The number of rotatable bonds is 3. The maximum atomic E-state index is 12.2. The van der Waals surface area contributed by atoms with Gasteiger partial charge in [0.1, 0.15) is 6.54 Å². The lowest BCUT2D eigenvalue weighted by atomic mass is 9.97. The van der Waals surface area contributed by atoms with Crippen LogP contribution in [-0.2, 0) is 23.7 Å². The van der Waals surface area contributed by atoms with Crippen LogP contribution in [0.4, 0.5) is 0 Å². The van der Waals surface area contributed by atoms with Gasteiger partial charge in [-0.05, 0) is 24.0 Å². The van der Waals surface area contributed by atoms with Crippen molar-refractivity contribution in [2.45, 2.75) is 26.1 Å². The highest BCUT2D eigenvalue weighted by Gasteiger charge is 2.24. The van der Waals surface area contributed by atoms with Gasteiger partial charge < -0.3 is 9.05 Å². The smallest absolute Gasteiger partial charge is 0.104 e. The van der Waals surface area contributed by atoms with Crippen molar-refractivity contribution in [3.8, 4) is 0 Å². The predicted octanol–water partition coefficient (Wildman–Crippen LogP) is 3.33. The minimum atomic E-state index is -1.96. The minimum absolute atomic E-state index is 0.759. The molecule has 1 aliphatic rings. The van der Waals surface area contributed by atoms with Crippen LogP contribution in [0.15, 0.2) is 18.2 Å². The summed E-state index contributed by atoms with van der Waals surface area (Å²) < 4.78 is 13.3. The van der Waals surface area contributed by atoms with E-state index in [0.717, 1.165) is 29.8 Å². The molecule has 0 aliphatic carbocycles. The van der Waals surface area contributed by atoms with Crippen LogP contribution in [0.2, 0.25) is 0 Å². The van der Waals surface area contributed by atoms with Crippen molar-refractivity contribution >= 4 is 7.14 Å². The summed E-state index contributed by atoms with van der Waals surface area (Å²) in [5, 5.41) is 0. The van der Waals surface area contributed by atoms with E-state index in [2.05, 4.69) is 32.3 Å². The van der Waals surface area contributed by atoms with Crippen molar-refractivity contribution in [1.82, 2.24) is 0 Å². The normalized spacial score (nSPS) is 21.1. The number of hydrogen-bond donors (Lipinski definition) is 0. The third kappa shape index (κ3) is 3.24. The average Bonchev–Trinajstić information content (AvgIpc) is 2.28. The molecular weight excluding hydrogens is 241 g/mol. The van der Waals surface area contributed by atoms with E-state index >= 15 is 0 Å². The van der Waals surface area contributed by atoms with E-state index in [-0.39, 0.29) is 0 Å². The van der Waals surface area contributed by atoms with Crippen LogP contribution in [-0.4, -0.2) is 37.9 Å². The third-order valence-electron chi connectivity index (χ3n) is 4.04. The summed E-state index contributed by atoms with van der Waals surface area (Å²) in [7, 11) is 2.61. The van der Waals surface area contributed by atoms with Crippen molar-refractivity contribution in [3.05, 3.63) is 34.9 Å². The molecule has 0 saturated heterocycles. The highest BCUT2D eigenvalue weighted by Crippen LogP contribution is 2.44. The van der Waals surface area contributed by atoms with E-state index < -0.39 is 7.14 Å². The fourth-order valence-corrected chi connectivity index (χ4v) is 3.82. The lowest BCUT2D eigenvalue weighted by Crippen LogP contribution is -2.43. The Bertz CT molecular complexity index is 493. The fraction of sp³-hybridized carbons (Fsp3) is 0.600. The van der Waals surface area contributed by atoms with Crippen molar-refractivity contribution in [3.63, 3.8) is 0 Å². The van der Waals surface area contributed by atoms with Gasteiger partial charge in [-0.3, -0.25) is 0 Å². The van der Waals surface area contributed by atoms with E-state index in [0.29, 0.717) is 0 Å². The van der Waals surface area contributed by atoms with Gasteiger partial charge >= 0.3 is 0 Å². The minimum Gasteiger partial charge on any atom is -0.324 e. The third-order valence-corrected chi connectivity index (χ3v) is 6.41. The van der Waals surface area contributed by atoms with Gasteiger partial charge in [-0.1, -0.05) is 25.1 Å². The van der Waals surface area contributed by atoms with Crippen molar-refractivity contribution in [2.75, 3.05) is 33.5 Å². The molecule has 0 N–H and O–H groups in total. The molecule has 3 heteroatoms. The Morgan fingerprint density at radius 3 is 2.67 bits per heavy atom. The SMILES string of the molecule is CCP(C)(=O)Cc1ccc2c(c1)CC[N+](C)(C)C2. The fourth-order valence-electron chi connectivity index (χ4n) is 2.63. The molecule has 0 bridgehead atoms. The molecule has 1 unspecified atom stereocenters. The first kappa shape index (κ1) is 13.8. The Kier molecular flexibility index (Phi) is 3.71. The number of benzene rings is 1. The maximum absolute atomic E-state index is 12.2. The standard InChI is InChI=1S/C15H25NOP/c1-5-18(4,17)12-13-6-7-15-11-16(2,3)9-8-14(15)10-13/h6-7,10H,5,8-9,11-12H2,1-4H3/q+1. The molecule has 100 valence electrons. The zero-order chi connectivity index (χ0) is 13.4. The number of hydrogen-bond acceptors (Lipinski definition) is 1. The average molecular weight is 266 g/mol. The molecule has 2 nitrogen and oxygen atoms in total. The molecule has 1 atom stereocenters. The predicted molar refractivity (Wildman–Crippen MR) is 78.6 cm³/mol. The van der Waals surface area contributed by atoms with Gasteiger partial charge in [0.15, 0.2) is 0 Å². The Morgan fingerprint density at radius 2 is 2.00 bits per heavy atom. The van der Waals surface area contributed by atoms with Crippen LogP contribution in [0.25, 0.3) is 0 Å². The molecular formula is C15H25NOP+. The zero-order valence-corrected chi connectivity index (χ0v) is 13.0. The second-order valence-electron chi connectivity index (χ2n) is 6.44.